The van der Waals surface area contributed by atoms with Crippen LogP contribution in [0.2, 0.25) is 0 Å². The SMILES string of the molecule is CC(C(=O)O)C1CN(S(=O)(=O)NC2CC2)C1. The highest BCUT2D eigenvalue weighted by molar-refractivity contribution is 7.87. The van der Waals surface area contributed by atoms with Gasteiger partial charge in [-0.3, -0.25) is 4.79 Å². The second-order valence-electron chi connectivity index (χ2n) is 4.60. The summed E-state index contributed by atoms with van der Waals surface area (Å²) in [5, 5.41) is 8.78. The van der Waals surface area contributed by atoms with E-state index in [9.17, 15) is 13.2 Å². The molecule has 92 valence electrons. The smallest absolute Gasteiger partial charge is 0.306 e. The first-order valence-corrected chi connectivity index (χ1v) is 6.84. The molecule has 1 unspecified atom stereocenters. The van der Waals surface area contributed by atoms with Crippen molar-refractivity contribution in [1.29, 1.82) is 0 Å². The van der Waals surface area contributed by atoms with E-state index < -0.39 is 22.1 Å². The summed E-state index contributed by atoms with van der Waals surface area (Å²) in [7, 11) is -3.36. The topological polar surface area (TPSA) is 86.7 Å². The number of carboxylic acids is 1. The van der Waals surface area contributed by atoms with Crippen LogP contribution in [0.25, 0.3) is 0 Å². The molecular weight excluding hydrogens is 232 g/mol. The lowest BCUT2D eigenvalue weighted by Gasteiger charge is -2.39. The predicted molar refractivity (Wildman–Crippen MR) is 56.9 cm³/mol. The molecule has 1 saturated carbocycles. The van der Waals surface area contributed by atoms with Gasteiger partial charge in [0.1, 0.15) is 0 Å². The Hall–Kier alpha value is -0.660. The number of hydrogen-bond acceptors (Lipinski definition) is 3. The minimum Gasteiger partial charge on any atom is -0.481 e. The first kappa shape index (κ1) is 11.8. The van der Waals surface area contributed by atoms with E-state index in [4.69, 9.17) is 5.11 Å². The van der Waals surface area contributed by atoms with Crippen molar-refractivity contribution < 1.29 is 18.3 Å². The van der Waals surface area contributed by atoms with Gasteiger partial charge < -0.3 is 5.11 Å². The summed E-state index contributed by atoms with van der Waals surface area (Å²) in [6, 6.07) is 0.0981. The van der Waals surface area contributed by atoms with Crippen molar-refractivity contribution in [1.82, 2.24) is 9.03 Å². The molecule has 2 fully saturated rings. The number of nitrogens with one attached hydrogen (secondary N) is 1. The standard InChI is InChI=1S/C9H16N2O4S/c1-6(9(12)13)7-4-11(5-7)16(14,15)10-8-2-3-8/h6-8,10H,2-5H2,1H3,(H,12,13). The summed E-state index contributed by atoms with van der Waals surface area (Å²) < 4.78 is 27.2. The molecule has 0 radical (unpaired) electrons. The molecule has 7 heteroatoms. The van der Waals surface area contributed by atoms with Crippen LogP contribution >= 0.6 is 0 Å². The molecule has 1 aliphatic carbocycles. The molecule has 0 spiro atoms. The van der Waals surface area contributed by atoms with Gasteiger partial charge >= 0.3 is 5.97 Å². The summed E-state index contributed by atoms with van der Waals surface area (Å²) >= 11 is 0. The van der Waals surface area contributed by atoms with Gasteiger partial charge in [0.15, 0.2) is 0 Å². The van der Waals surface area contributed by atoms with Crippen LogP contribution in [0.1, 0.15) is 19.8 Å². The van der Waals surface area contributed by atoms with Crippen molar-refractivity contribution in [2.45, 2.75) is 25.8 Å². The monoisotopic (exact) mass is 248 g/mol. The van der Waals surface area contributed by atoms with Gasteiger partial charge in [0, 0.05) is 19.1 Å². The van der Waals surface area contributed by atoms with Crippen molar-refractivity contribution >= 4 is 16.2 Å². The molecular formula is C9H16N2O4S. The Kier molecular flexibility index (Phi) is 2.93. The number of carboxylic acid groups (broad SMARTS) is 1. The quantitative estimate of drug-likeness (QED) is 0.695. The van der Waals surface area contributed by atoms with Crippen LogP contribution in [0, 0.1) is 11.8 Å². The van der Waals surface area contributed by atoms with Crippen molar-refractivity contribution in [2.24, 2.45) is 11.8 Å². The maximum atomic E-state index is 11.7. The second-order valence-corrected chi connectivity index (χ2v) is 6.30. The predicted octanol–water partition coefficient (Wildman–Crippen LogP) is -0.364. The van der Waals surface area contributed by atoms with Gasteiger partial charge in [-0.1, -0.05) is 6.92 Å². The highest BCUT2D eigenvalue weighted by Gasteiger charge is 2.42. The Bertz CT molecular complexity index is 384. The summed E-state index contributed by atoms with van der Waals surface area (Å²) in [5.41, 5.74) is 0. The summed E-state index contributed by atoms with van der Waals surface area (Å²) in [4.78, 5) is 10.7. The molecule has 1 aliphatic heterocycles. The Morgan fingerprint density at radius 3 is 2.44 bits per heavy atom. The summed E-state index contributed by atoms with van der Waals surface area (Å²) in [6.45, 7) is 2.25. The molecule has 16 heavy (non-hydrogen) atoms. The van der Waals surface area contributed by atoms with Gasteiger partial charge in [-0.2, -0.15) is 17.4 Å². The highest BCUT2D eigenvalue weighted by Crippen LogP contribution is 2.28. The third kappa shape index (κ3) is 2.36. The van der Waals surface area contributed by atoms with Crippen LogP contribution in [0.15, 0.2) is 0 Å². The van der Waals surface area contributed by atoms with E-state index in [1.165, 1.54) is 4.31 Å². The lowest BCUT2D eigenvalue weighted by Crippen LogP contribution is -2.56. The third-order valence-corrected chi connectivity index (χ3v) is 4.81. The summed E-state index contributed by atoms with van der Waals surface area (Å²) in [5.74, 6) is -1.40. The molecule has 2 aliphatic rings. The van der Waals surface area contributed by atoms with Crippen LogP contribution in [0.5, 0.6) is 0 Å². The molecule has 0 bridgehead atoms. The largest absolute Gasteiger partial charge is 0.481 e. The van der Waals surface area contributed by atoms with Crippen LogP contribution in [0.4, 0.5) is 0 Å². The van der Waals surface area contributed by atoms with Crippen molar-refractivity contribution in [3.05, 3.63) is 0 Å². The van der Waals surface area contributed by atoms with E-state index in [0.717, 1.165) is 12.8 Å². The maximum absolute atomic E-state index is 11.7. The fourth-order valence-electron chi connectivity index (χ4n) is 1.67. The van der Waals surface area contributed by atoms with Crippen LogP contribution in [-0.2, 0) is 15.0 Å². The molecule has 2 rings (SSSR count). The van der Waals surface area contributed by atoms with E-state index in [-0.39, 0.29) is 12.0 Å². The number of carbonyl (C=O) groups is 1. The van der Waals surface area contributed by atoms with E-state index >= 15 is 0 Å². The number of aliphatic carboxylic acids is 1. The lowest BCUT2D eigenvalue weighted by atomic mass is 9.89. The molecule has 6 nitrogen and oxygen atoms in total. The Morgan fingerprint density at radius 2 is 2.00 bits per heavy atom. The maximum Gasteiger partial charge on any atom is 0.306 e. The zero-order chi connectivity index (χ0) is 11.9. The normalized spacial score (nSPS) is 25.1. The zero-order valence-electron chi connectivity index (χ0n) is 9.09. The van der Waals surface area contributed by atoms with Gasteiger partial charge in [0.05, 0.1) is 5.92 Å². The van der Waals surface area contributed by atoms with Gasteiger partial charge in [-0.25, -0.2) is 0 Å². The molecule has 1 heterocycles. The number of hydrogen-bond donors (Lipinski definition) is 2. The van der Waals surface area contributed by atoms with Crippen LogP contribution < -0.4 is 4.72 Å². The average molecular weight is 248 g/mol. The van der Waals surface area contributed by atoms with Gasteiger partial charge in [-0.15, -0.1) is 0 Å². The van der Waals surface area contributed by atoms with E-state index in [1.54, 1.807) is 6.92 Å². The van der Waals surface area contributed by atoms with Gasteiger partial charge in [-0.05, 0) is 18.8 Å². The van der Waals surface area contributed by atoms with Gasteiger partial charge in [0.25, 0.3) is 10.2 Å². The first-order valence-electron chi connectivity index (χ1n) is 5.40. The Balaban J connectivity index is 1.85. The Morgan fingerprint density at radius 1 is 1.44 bits per heavy atom. The van der Waals surface area contributed by atoms with E-state index in [1.807, 2.05) is 0 Å². The van der Waals surface area contributed by atoms with E-state index in [0.29, 0.717) is 13.1 Å². The fraction of sp³-hybridized carbons (Fsp3) is 0.889. The first-order chi connectivity index (χ1) is 7.40. The Labute approximate surface area is 94.8 Å². The van der Waals surface area contributed by atoms with Crippen LogP contribution in [-0.4, -0.2) is 42.9 Å². The molecule has 2 N–H and O–H groups in total. The molecule has 0 aromatic carbocycles. The van der Waals surface area contributed by atoms with Crippen molar-refractivity contribution in [3.63, 3.8) is 0 Å². The minimum absolute atomic E-state index is 0.0618. The second kappa shape index (κ2) is 3.97. The third-order valence-electron chi connectivity index (χ3n) is 3.21. The molecule has 0 amide bonds. The minimum atomic E-state index is -3.36. The molecule has 0 aromatic heterocycles. The van der Waals surface area contributed by atoms with Crippen molar-refractivity contribution in [3.8, 4) is 0 Å². The number of rotatable bonds is 5. The van der Waals surface area contributed by atoms with Crippen LogP contribution in [0.3, 0.4) is 0 Å². The van der Waals surface area contributed by atoms with Gasteiger partial charge in [0.2, 0.25) is 0 Å². The lowest BCUT2D eigenvalue weighted by molar-refractivity contribution is -0.144. The molecule has 0 aromatic rings. The van der Waals surface area contributed by atoms with Crippen molar-refractivity contribution in [2.75, 3.05) is 13.1 Å². The zero-order valence-corrected chi connectivity index (χ0v) is 9.90. The molecule has 1 saturated heterocycles. The summed E-state index contributed by atoms with van der Waals surface area (Å²) in [6.07, 6.45) is 1.81. The number of nitrogens with zero attached hydrogens (tertiary/aromatic N) is 1. The fourth-order valence-corrected chi connectivity index (χ4v) is 3.25. The molecule has 1 atom stereocenters. The highest BCUT2D eigenvalue weighted by atomic mass is 32.2. The van der Waals surface area contributed by atoms with E-state index in [2.05, 4.69) is 4.72 Å². The average Bonchev–Trinajstić information content (AvgIpc) is 2.83.